The van der Waals surface area contributed by atoms with Crippen molar-refractivity contribution in [3.05, 3.63) is 63.0 Å². The molecule has 0 spiro atoms. The first-order valence-electron chi connectivity index (χ1n) is 9.26. The second-order valence-corrected chi connectivity index (χ2v) is 7.26. The number of rotatable bonds is 6. The van der Waals surface area contributed by atoms with Crippen LogP contribution in [0.4, 0.5) is 10.1 Å². The van der Waals surface area contributed by atoms with E-state index in [1.807, 2.05) is 11.8 Å². The van der Waals surface area contributed by atoms with Crippen LogP contribution in [0.1, 0.15) is 18.3 Å². The molecule has 152 valence electrons. The summed E-state index contributed by atoms with van der Waals surface area (Å²) in [6.07, 6.45) is 1.84. The fourth-order valence-corrected chi connectivity index (χ4v) is 3.41. The third-order valence-corrected chi connectivity index (χ3v) is 5.10. The molecule has 2 aromatic heterocycles. The standard InChI is InChI=1S/C19H20ClFN6O2/c1-3-29-15-9-25(10-15)14-7-19(28)26(22-8-14)11-18-12(2)23-24-27(18)17-5-4-13(20)6-16(17)21/h4-8,15H,3,9-11H2,1-2H3. The molecule has 3 heterocycles. The van der Waals surface area contributed by atoms with Crippen LogP contribution < -0.4 is 10.5 Å². The van der Waals surface area contributed by atoms with Crippen molar-refractivity contribution in [1.29, 1.82) is 0 Å². The Bertz CT molecular complexity index is 1090. The Morgan fingerprint density at radius 1 is 1.31 bits per heavy atom. The lowest BCUT2D eigenvalue weighted by molar-refractivity contribution is 0.0430. The molecule has 1 aliphatic heterocycles. The van der Waals surface area contributed by atoms with Crippen molar-refractivity contribution in [2.24, 2.45) is 0 Å². The summed E-state index contributed by atoms with van der Waals surface area (Å²) in [7, 11) is 0. The molecule has 0 amide bonds. The van der Waals surface area contributed by atoms with Gasteiger partial charge in [-0.05, 0) is 32.0 Å². The maximum Gasteiger partial charge on any atom is 0.269 e. The molecule has 0 bridgehead atoms. The molecule has 1 aromatic carbocycles. The summed E-state index contributed by atoms with van der Waals surface area (Å²) in [4.78, 5) is 14.6. The molecule has 0 atom stereocenters. The Labute approximate surface area is 171 Å². The summed E-state index contributed by atoms with van der Waals surface area (Å²) in [6.45, 7) is 5.98. The molecule has 0 unspecified atom stereocenters. The molecular weight excluding hydrogens is 399 g/mol. The van der Waals surface area contributed by atoms with E-state index >= 15 is 0 Å². The number of aromatic nitrogens is 5. The van der Waals surface area contributed by atoms with E-state index in [4.69, 9.17) is 16.3 Å². The van der Waals surface area contributed by atoms with E-state index in [-0.39, 0.29) is 28.9 Å². The summed E-state index contributed by atoms with van der Waals surface area (Å²) in [5.41, 5.74) is 1.85. The van der Waals surface area contributed by atoms with E-state index in [0.29, 0.717) is 18.0 Å². The normalized spacial score (nSPS) is 14.3. The number of aryl methyl sites for hydroxylation is 1. The smallest absolute Gasteiger partial charge is 0.269 e. The number of halogens is 2. The number of nitrogens with zero attached hydrogens (tertiary/aromatic N) is 6. The molecule has 1 fully saturated rings. The van der Waals surface area contributed by atoms with E-state index in [2.05, 4.69) is 15.4 Å². The Balaban J connectivity index is 1.57. The van der Waals surface area contributed by atoms with E-state index in [1.165, 1.54) is 21.5 Å². The van der Waals surface area contributed by atoms with Crippen LogP contribution in [0.25, 0.3) is 5.69 Å². The van der Waals surface area contributed by atoms with Crippen molar-refractivity contribution in [2.75, 3.05) is 24.6 Å². The summed E-state index contributed by atoms with van der Waals surface area (Å²) >= 11 is 5.83. The zero-order valence-corrected chi connectivity index (χ0v) is 16.8. The average Bonchev–Trinajstić information content (AvgIpc) is 3.00. The van der Waals surface area contributed by atoms with Crippen LogP contribution in [0.3, 0.4) is 0 Å². The zero-order chi connectivity index (χ0) is 20.5. The third-order valence-electron chi connectivity index (χ3n) is 4.87. The lowest BCUT2D eigenvalue weighted by Gasteiger charge is -2.40. The Kier molecular flexibility index (Phi) is 5.33. The fourth-order valence-electron chi connectivity index (χ4n) is 3.25. The van der Waals surface area contributed by atoms with Crippen LogP contribution >= 0.6 is 11.6 Å². The third kappa shape index (κ3) is 3.88. The number of hydrogen-bond donors (Lipinski definition) is 0. The molecule has 4 rings (SSSR count). The molecule has 0 saturated carbocycles. The van der Waals surface area contributed by atoms with Crippen molar-refractivity contribution in [1.82, 2.24) is 24.8 Å². The van der Waals surface area contributed by atoms with Gasteiger partial charge in [-0.25, -0.2) is 13.8 Å². The first-order valence-corrected chi connectivity index (χ1v) is 9.64. The second kappa shape index (κ2) is 7.92. The van der Waals surface area contributed by atoms with Gasteiger partial charge in [0.1, 0.15) is 11.5 Å². The van der Waals surface area contributed by atoms with Crippen LogP contribution in [0.2, 0.25) is 5.02 Å². The SMILES string of the molecule is CCOC1CN(c2cnn(Cc3c(C)nnn3-c3ccc(Cl)cc3F)c(=O)c2)C1. The van der Waals surface area contributed by atoms with Crippen LogP contribution in [0, 0.1) is 12.7 Å². The molecule has 29 heavy (non-hydrogen) atoms. The highest BCUT2D eigenvalue weighted by molar-refractivity contribution is 6.30. The van der Waals surface area contributed by atoms with Crippen molar-refractivity contribution in [3.8, 4) is 5.69 Å². The molecule has 8 nitrogen and oxygen atoms in total. The number of ether oxygens (including phenoxy) is 1. The van der Waals surface area contributed by atoms with Crippen LogP contribution in [-0.4, -0.2) is 50.6 Å². The van der Waals surface area contributed by atoms with Gasteiger partial charge in [0.2, 0.25) is 0 Å². The molecule has 3 aromatic rings. The first kappa shape index (κ1) is 19.5. The van der Waals surface area contributed by atoms with Crippen LogP contribution in [0.5, 0.6) is 0 Å². The van der Waals surface area contributed by atoms with Gasteiger partial charge in [-0.3, -0.25) is 4.79 Å². The average molecular weight is 419 g/mol. The molecule has 10 heteroatoms. The minimum Gasteiger partial charge on any atom is -0.375 e. The van der Waals surface area contributed by atoms with E-state index in [0.717, 1.165) is 18.8 Å². The van der Waals surface area contributed by atoms with Gasteiger partial charge < -0.3 is 9.64 Å². The van der Waals surface area contributed by atoms with E-state index in [1.54, 1.807) is 25.3 Å². The quantitative estimate of drug-likeness (QED) is 0.610. The molecule has 0 aliphatic carbocycles. The number of hydrogen-bond acceptors (Lipinski definition) is 6. The van der Waals surface area contributed by atoms with E-state index in [9.17, 15) is 9.18 Å². The van der Waals surface area contributed by atoms with Gasteiger partial charge in [0.25, 0.3) is 5.56 Å². The minimum absolute atomic E-state index is 0.113. The number of benzene rings is 1. The summed E-state index contributed by atoms with van der Waals surface area (Å²) in [6, 6.07) is 5.84. The zero-order valence-electron chi connectivity index (χ0n) is 16.0. The largest absolute Gasteiger partial charge is 0.375 e. The molecule has 0 N–H and O–H groups in total. The maximum absolute atomic E-state index is 14.3. The molecule has 1 saturated heterocycles. The molecule has 0 radical (unpaired) electrons. The first-order chi connectivity index (χ1) is 14.0. The van der Waals surface area contributed by atoms with Crippen molar-refractivity contribution >= 4 is 17.3 Å². The Morgan fingerprint density at radius 3 is 2.79 bits per heavy atom. The van der Waals surface area contributed by atoms with Crippen molar-refractivity contribution in [3.63, 3.8) is 0 Å². The van der Waals surface area contributed by atoms with Crippen molar-refractivity contribution < 1.29 is 9.13 Å². The fraction of sp³-hybridized carbons (Fsp3) is 0.368. The lowest BCUT2D eigenvalue weighted by Crippen LogP contribution is -2.52. The summed E-state index contributed by atoms with van der Waals surface area (Å²) in [5, 5.41) is 12.6. The van der Waals surface area contributed by atoms with Gasteiger partial charge in [-0.1, -0.05) is 16.8 Å². The predicted octanol–water partition coefficient (Wildman–Crippen LogP) is 2.20. The van der Waals surface area contributed by atoms with Gasteiger partial charge in [-0.2, -0.15) is 5.10 Å². The van der Waals surface area contributed by atoms with Crippen LogP contribution in [0.15, 0.2) is 35.3 Å². The summed E-state index contributed by atoms with van der Waals surface area (Å²) < 4.78 is 22.6. The molecular formula is C19H20ClFN6O2. The van der Waals surface area contributed by atoms with Gasteiger partial charge in [-0.15, -0.1) is 5.10 Å². The Morgan fingerprint density at radius 2 is 2.10 bits per heavy atom. The van der Waals surface area contributed by atoms with Gasteiger partial charge in [0, 0.05) is 30.8 Å². The minimum atomic E-state index is -0.527. The maximum atomic E-state index is 14.3. The topological polar surface area (TPSA) is 78.1 Å². The lowest BCUT2D eigenvalue weighted by atomic mass is 10.1. The van der Waals surface area contributed by atoms with Gasteiger partial charge in [0.05, 0.1) is 35.9 Å². The summed E-state index contributed by atoms with van der Waals surface area (Å²) in [5.74, 6) is -0.527. The Hall–Kier alpha value is -2.78. The highest BCUT2D eigenvalue weighted by Crippen LogP contribution is 2.22. The van der Waals surface area contributed by atoms with Crippen LogP contribution in [-0.2, 0) is 11.3 Å². The van der Waals surface area contributed by atoms with Gasteiger partial charge in [0.15, 0.2) is 0 Å². The highest BCUT2D eigenvalue weighted by atomic mass is 35.5. The predicted molar refractivity (Wildman–Crippen MR) is 106 cm³/mol. The van der Waals surface area contributed by atoms with E-state index < -0.39 is 5.82 Å². The second-order valence-electron chi connectivity index (χ2n) is 6.82. The van der Waals surface area contributed by atoms with Gasteiger partial charge >= 0.3 is 0 Å². The highest BCUT2D eigenvalue weighted by Gasteiger charge is 2.28. The monoisotopic (exact) mass is 418 g/mol. The number of anilines is 1. The molecule has 1 aliphatic rings. The van der Waals surface area contributed by atoms with Crippen molar-refractivity contribution in [2.45, 2.75) is 26.5 Å².